The third-order valence-corrected chi connectivity index (χ3v) is 6.96. The van der Waals surface area contributed by atoms with Crippen LogP contribution < -0.4 is 10.9 Å². The fourth-order valence-corrected chi connectivity index (χ4v) is 5.16. The van der Waals surface area contributed by atoms with Gasteiger partial charge in [-0.3, -0.25) is 14.2 Å². The van der Waals surface area contributed by atoms with Crippen molar-refractivity contribution in [1.82, 2.24) is 14.9 Å². The minimum Gasteiger partial charge on any atom is -0.344 e. The Morgan fingerprint density at radius 2 is 1.75 bits per heavy atom. The van der Waals surface area contributed by atoms with Gasteiger partial charge in [-0.05, 0) is 29.5 Å². The molecule has 2 aromatic carbocycles. The Labute approximate surface area is 194 Å². The molecular formula is C25H23N3O2S2. The molecule has 0 saturated heterocycles. The summed E-state index contributed by atoms with van der Waals surface area (Å²) in [7, 11) is 0. The number of hydrogen-bond donors (Lipinski definition) is 1. The molecule has 0 fully saturated rings. The number of carbonyl (C=O) groups is 1. The van der Waals surface area contributed by atoms with E-state index in [1.807, 2.05) is 73.0 Å². The zero-order valence-corrected chi connectivity index (χ0v) is 19.2. The van der Waals surface area contributed by atoms with Crippen LogP contribution in [0.15, 0.2) is 94.7 Å². The quantitative estimate of drug-likeness (QED) is 0.227. The Kier molecular flexibility index (Phi) is 6.87. The van der Waals surface area contributed by atoms with Gasteiger partial charge in [0, 0.05) is 6.54 Å². The Hall–Kier alpha value is -3.16. The first-order chi connectivity index (χ1) is 15.6. The molecule has 2 heterocycles. The van der Waals surface area contributed by atoms with Crippen LogP contribution in [0.4, 0.5) is 0 Å². The van der Waals surface area contributed by atoms with Crippen LogP contribution in [0.3, 0.4) is 0 Å². The first-order valence-electron chi connectivity index (χ1n) is 10.2. The van der Waals surface area contributed by atoms with Crippen molar-refractivity contribution in [2.75, 3.05) is 0 Å². The molecule has 0 radical (unpaired) electrons. The molecule has 2 aromatic heterocycles. The highest BCUT2D eigenvalue weighted by Crippen LogP contribution is 2.27. The van der Waals surface area contributed by atoms with Crippen molar-refractivity contribution in [2.45, 2.75) is 29.9 Å². The molecule has 32 heavy (non-hydrogen) atoms. The lowest BCUT2D eigenvalue weighted by molar-refractivity contribution is -0.120. The second-order valence-corrected chi connectivity index (χ2v) is 9.46. The van der Waals surface area contributed by atoms with Crippen molar-refractivity contribution in [3.05, 3.63) is 106 Å². The van der Waals surface area contributed by atoms with Gasteiger partial charge in [-0.1, -0.05) is 78.5 Å². The van der Waals surface area contributed by atoms with Gasteiger partial charge in [0.2, 0.25) is 5.91 Å². The van der Waals surface area contributed by atoms with Crippen molar-refractivity contribution in [3.8, 4) is 0 Å². The number of benzene rings is 2. The Morgan fingerprint density at radius 3 is 2.34 bits per heavy atom. The van der Waals surface area contributed by atoms with Gasteiger partial charge < -0.3 is 5.32 Å². The van der Waals surface area contributed by atoms with E-state index in [1.165, 1.54) is 23.1 Å². The van der Waals surface area contributed by atoms with E-state index < -0.39 is 5.25 Å². The van der Waals surface area contributed by atoms with Gasteiger partial charge in [0.05, 0.1) is 16.7 Å². The molecule has 4 aromatic rings. The lowest BCUT2D eigenvalue weighted by Gasteiger charge is -2.22. The van der Waals surface area contributed by atoms with E-state index in [2.05, 4.69) is 16.9 Å². The molecular weight excluding hydrogens is 438 g/mol. The highest BCUT2D eigenvalue weighted by atomic mass is 32.2. The van der Waals surface area contributed by atoms with Crippen LogP contribution in [-0.4, -0.2) is 20.7 Å². The van der Waals surface area contributed by atoms with E-state index in [9.17, 15) is 9.59 Å². The second-order valence-electron chi connectivity index (χ2n) is 7.26. The molecule has 5 nitrogen and oxygen atoms in total. The normalized spacial score (nSPS) is 12.1. The number of rotatable bonds is 8. The van der Waals surface area contributed by atoms with Gasteiger partial charge >= 0.3 is 0 Å². The summed E-state index contributed by atoms with van der Waals surface area (Å²) in [5.41, 5.74) is 1.90. The first kappa shape index (κ1) is 22.0. The van der Waals surface area contributed by atoms with Crippen molar-refractivity contribution in [2.24, 2.45) is 0 Å². The topological polar surface area (TPSA) is 64.0 Å². The summed E-state index contributed by atoms with van der Waals surface area (Å²) in [5, 5.41) is 5.68. The summed E-state index contributed by atoms with van der Waals surface area (Å²) < 4.78 is 1.57. The number of aromatic nitrogens is 2. The predicted molar refractivity (Wildman–Crippen MR) is 132 cm³/mol. The zero-order valence-electron chi connectivity index (χ0n) is 17.6. The maximum atomic E-state index is 13.2. The van der Waals surface area contributed by atoms with E-state index in [-0.39, 0.29) is 17.5 Å². The average molecular weight is 462 g/mol. The monoisotopic (exact) mass is 461 g/mol. The van der Waals surface area contributed by atoms with Crippen molar-refractivity contribution in [1.29, 1.82) is 0 Å². The van der Waals surface area contributed by atoms with Crippen LogP contribution in [0.5, 0.6) is 0 Å². The van der Waals surface area contributed by atoms with Crippen LogP contribution in [-0.2, 0) is 11.3 Å². The van der Waals surface area contributed by atoms with E-state index in [4.69, 9.17) is 0 Å². The molecule has 0 bridgehead atoms. The predicted octanol–water partition coefficient (Wildman–Crippen LogP) is 5.03. The lowest BCUT2D eigenvalue weighted by atomic mass is 9.98. The molecule has 0 spiro atoms. The van der Waals surface area contributed by atoms with Gasteiger partial charge in [0.25, 0.3) is 5.56 Å². The minimum absolute atomic E-state index is 0.113. The summed E-state index contributed by atoms with van der Waals surface area (Å²) >= 11 is 2.70. The number of amides is 1. The number of nitrogens with one attached hydrogen (secondary N) is 1. The number of carbonyl (C=O) groups excluding carboxylic acids is 1. The number of allylic oxidation sites excluding steroid dienone is 1. The SMILES string of the molecule is C=CCn1c(SC(C)C(=O)NC(c2ccccc2)c2ccccc2)nc2sccc2c1=O. The summed E-state index contributed by atoms with van der Waals surface area (Å²) in [4.78, 5) is 31.4. The molecule has 0 saturated carbocycles. The minimum atomic E-state index is -0.453. The smallest absolute Gasteiger partial charge is 0.263 e. The van der Waals surface area contributed by atoms with Crippen LogP contribution in [0.2, 0.25) is 0 Å². The van der Waals surface area contributed by atoms with Crippen LogP contribution in [0.1, 0.15) is 24.1 Å². The highest BCUT2D eigenvalue weighted by Gasteiger charge is 2.23. The molecule has 4 rings (SSSR count). The van der Waals surface area contributed by atoms with Crippen molar-refractivity contribution in [3.63, 3.8) is 0 Å². The zero-order chi connectivity index (χ0) is 22.5. The Morgan fingerprint density at radius 1 is 1.12 bits per heavy atom. The van der Waals surface area contributed by atoms with Gasteiger partial charge in [-0.25, -0.2) is 4.98 Å². The van der Waals surface area contributed by atoms with Crippen LogP contribution in [0.25, 0.3) is 10.2 Å². The van der Waals surface area contributed by atoms with Gasteiger partial charge in [0.1, 0.15) is 4.83 Å². The van der Waals surface area contributed by atoms with Gasteiger partial charge in [-0.2, -0.15) is 0 Å². The third-order valence-electron chi connectivity index (χ3n) is 5.06. The molecule has 1 unspecified atom stereocenters. The van der Waals surface area contributed by atoms with E-state index in [0.717, 1.165) is 11.1 Å². The number of nitrogens with zero attached hydrogens (tertiary/aromatic N) is 2. The van der Waals surface area contributed by atoms with Crippen molar-refractivity contribution >= 4 is 39.2 Å². The second kappa shape index (κ2) is 9.97. The largest absolute Gasteiger partial charge is 0.344 e. The van der Waals surface area contributed by atoms with E-state index in [0.29, 0.717) is 21.9 Å². The maximum Gasteiger partial charge on any atom is 0.263 e. The van der Waals surface area contributed by atoms with Gasteiger partial charge in [-0.15, -0.1) is 17.9 Å². The lowest BCUT2D eigenvalue weighted by Crippen LogP contribution is -2.35. The van der Waals surface area contributed by atoms with Crippen LogP contribution in [0, 0.1) is 0 Å². The Bertz CT molecular complexity index is 1240. The average Bonchev–Trinajstić information content (AvgIpc) is 3.30. The number of thiophene rings is 1. The van der Waals surface area contributed by atoms with E-state index in [1.54, 1.807) is 16.7 Å². The highest BCUT2D eigenvalue weighted by molar-refractivity contribution is 8.00. The molecule has 7 heteroatoms. The number of thioether (sulfide) groups is 1. The van der Waals surface area contributed by atoms with Crippen LogP contribution >= 0.6 is 23.1 Å². The first-order valence-corrected chi connectivity index (χ1v) is 12.0. The summed E-state index contributed by atoms with van der Waals surface area (Å²) in [6.45, 7) is 5.92. The Balaban J connectivity index is 1.60. The fraction of sp³-hybridized carbons (Fsp3) is 0.160. The maximum absolute atomic E-state index is 13.2. The molecule has 0 aliphatic carbocycles. The standard InChI is InChI=1S/C25H23N3O2S2/c1-3-15-28-24(30)20-14-16-31-23(20)27-25(28)32-17(2)22(29)26-21(18-10-6-4-7-11-18)19-12-8-5-9-13-19/h3-14,16-17,21H,1,15H2,2H3,(H,26,29). The summed E-state index contributed by atoms with van der Waals surface area (Å²) in [6.07, 6.45) is 1.66. The molecule has 1 N–H and O–H groups in total. The molecule has 0 aliphatic heterocycles. The molecule has 162 valence electrons. The number of fused-ring (bicyclic) bond motifs is 1. The summed E-state index contributed by atoms with van der Waals surface area (Å²) in [6, 6.07) is 21.3. The van der Waals surface area contributed by atoms with Gasteiger partial charge in [0.15, 0.2) is 5.16 Å². The fourth-order valence-electron chi connectivity index (χ4n) is 3.43. The molecule has 1 atom stereocenters. The molecule has 1 amide bonds. The third kappa shape index (κ3) is 4.69. The van der Waals surface area contributed by atoms with Crippen molar-refractivity contribution < 1.29 is 4.79 Å². The molecule has 0 aliphatic rings. The number of hydrogen-bond acceptors (Lipinski definition) is 5. The van der Waals surface area contributed by atoms with E-state index >= 15 is 0 Å². The summed E-state index contributed by atoms with van der Waals surface area (Å²) in [5.74, 6) is -0.126.